The third-order valence-corrected chi connectivity index (χ3v) is 2.96. The number of pyridine rings is 1. The van der Waals surface area contributed by atoms with E-state index in [-0.39, 0.29) is 5.84 Å². The molecule has 104 valence electrons. The van der Waals surface area contributed by atoms with E-state index in [0.717, 1.165) is 11.4 Å². The zero-order chi connectivity index (χ0) is 14.5. The summed E-state index contributed by atoms with van der Waals surface area (Å²) in [7, 11) is 3.45. The van der Waals surface area contributed by atoms with Crippen molar-refractivity contribution in [3.05, 3.63) is 48.2 Å². The number of nitrogens with two attached hydrogens (primary N) is 1. The molecule has 0 aliphatic rings. The van der Waals surface area contributed by atoms with E-state index in [4.69, 9.17) is 15.7 Å². The number of nitrogens with zero attached hydrogens (tertiary/aromatic N) is 3. The zero-order valence-corrected chi connectivity index (χ0v) is 11.3. The Morgan fingerprint density at radius 1 is 1.35 bits per heavy atom. The van der Waals surface area contributed by atoms with Gasteiger partial charge in [-0.25, -0.2) is 4.98 Å². The Bertz CT molecular complexity index is 628. The molecule has 0 radical (unpaired) electrons. The fourth-order valence-corrected chi connectivity index (χ4v) is 1.89. The molecule has 3 N–H and O–H groups in total. The largest absolute Gasteiger partial charge is 0.481 e. The summed E-state index contributed by atoms with van der Waals surface area (Å²) in [6, 6.07) is 11.1. The Morgan fingerprint density at radius 2 is 2.10 bits per heavy atom. The van der Waals surface area contributed by atoms with Crippen LogP contribution in [0.2, 0.25) is 0 Å². The predicted octanol–water partition coefficient (Wildman–Crippen LogP) is 1.95. The molecule has 2 rings (SSSR count). The van der Waals surface area contributed by atoms with Gasteiger partial charge < -0.3 is 20.6 Å². The van der Waals surface area contributed by atoms with Crippen LogP contribution in [0.1, 0.15) is 5.56 Å². The van der Waals surface area contributed by atoms with Gasteiger partial charge in [0.15, 0.2) is 5.84 Å². The molecule has 0 spiro atoms. The summed E-state index contributed by atoms with van der Waals surface area (Å²) in [6.45, 7) is 0. The van der Waals surface area contributed by atoms with Gasteiger partial charge in [0.25, 0.3) is 0 Å². The summed E-state index contributed by atoms with van der Waals surface area (Å²) in [5.74, 6) is 0.587. The Labute approximate surface area is 117 Å². The first-order valence-electron chi connectivity index (χ1n) is 5.98. The van der Waals surface area contributed by atoms with Gasteiger partial charge in [-0.05, 0) is 18.2 Å². The van der Waals surface area contributed by atoms with Crippen LogP contribution >= 0.6 is 0 Å². The molecule has 0 aliphatic carbocycles. The van der Waals surface area contributed by atoms with Crippen LogP contribution in [0.5, 0.6) is 5.88 Å². The van der Waals surface area contributed by atoms with Gasteiger partial charge in [0.2, 0.25) is 5.88 Å². The van der Waals surface area contributed by atoms with E-state index in [1.165, 1.54) is 0 Å². The standard InChI is InChI=1S/C14H16N4O2/c1-18(10-7-8-16-13(9-10)20-2)12-6-4-3-5-11(12)14(15)17-19/h3-9,19H,1-2H3,(H2,15,17). The lowest BCUT2D eigenvalue weighted by Crippen LogP contribution is -2.19. The van der Waals surface area contributed by atoms with E-state index in [0.29, 0.717) is 11.4 Å². The highest BCUT2D eigenvalue weighted by Crippen LogP contribution is 2.28. The minimum atomic E-state index is 0.0634. The number of benzene rings is 1. The van der Waals surface area contributed by atoms with Crippen LogP contribution in [-0.2, 0) is 0 Å². The monoisotopic (exact) mass is 272 g/mol. The third kappa shape index (κ3) is 2.64. The topological polar surface area (TPSA) is 84.0 Å². The lowest BCUT2D eigenvalue weighted by molar-refractivity contribution is 0.318. The van der Waals surface area contributed by atoms with E-state index in [2.05, 4.69) is 10.1 Å². The van der Waals surface area contributed by atoms with Crippen molar-refractivity contribution in [3.8, 4) is 5.88 Å². The van der Waals surface area contributed by atoms with Crippen molar-refractivity contribution in [2.24, 2.45) is 10.9 Å². The van der Waals surface area contributed by atoms with Gasteiger partial charge in [-0.15, -0.1) is 0 Å². The van der Waals surface area contributed by atoms with Gasteiger partial charge in [-0.1, -0.05) is 17.3 Å². The van der Waals surface area contributed by atoms with Crippen LogP contribution in [0.4, 0.5) is 11.4 Å². The lowest BCUT2D eigenvalue weighted by atomic mass is 10.1. The first-order valence-corrected chi connectivity index (χ1v) is 5.98. The minimum Gasteiger partial charge on any atom is -0.481 e. The highest BCUT2D eigenvalue weighted by molar-refractivity contribution is 6.02. The summed E-state index contributed by atoms with van der Waals surface area (Å²) < 4.78 is 5.11. The molecule has 1 heterocycles. The predicted molar refractivity (Wildman–Crippen MR) is 77.8 cm³/mol. The van der Waals surface area contributed by atoms with Crippen LogP contribution in [0, 0.1) is 0 Å². The second-order valence-corrected chi connectivity index (χ2v) is 4.12. The van der Waals surface area contributed by atoms with Crippen LogP contribution in [-0.4, -0.2) is 30.2 Å². The van der Waals surface area contributed by atoms with E-state index < -0.39 is 0 Å². The number of para-hydroxylation sites is 1. The number of amidine groups is 1. The molecule has 0 fully saturated rings. The van der Waals surface area contributed by atoms with Crippen molar-refractivity contribution < 1.29 is 9.94 Å². The van der Waals surface area contributed by atoms with Crippen LogP contribution in [0.3, 0.4) is 0 Å². The van der Waals surface area contributed by atoms with E-state index in [1.807, 2.05) is 42.3 Å². The zero-order valence-electron chi connectivity index (χ0n) is 11.3. The molecule has 0 aliphatic heterocycles. The fraction of sp³-hybridized carbons (Fsp3) is 0.143. The van der Waals surface area contributed by atoms with Crippen molar-refractivity contribution in [2.45, 2.75) is 0 Å². The molecule has 2 aromatic rings. The molecule has 20 heavy (non-hydrogen) atoms. The maximum atomic E-state index is 8.86. The number of ether oxygens (including phenoxy) is 1. The molecule has 0 atom stereocenters. The Balaban J connectivity index is 2.45. The van der Waals surface area contributed by atoms with Crippen LogP contribution in [0.25, 0.3) is 0 Å². The summed E-state index contributed by atoms with van der Waals surface area (Å²) in [4.78, 5) is 5.98. The third-order valence-electron chi connectivity index (χ3n) is 2.96. The highest BCUT2D eigenvalue weighted by Gasteiger charge is 2.12. The maximum Gasteiger partial charge on any atom is 0.214 e. The van der Waals surface area contributed by atoms with E-state index >= 15 is 0 Å². The quantitative estimate of drug-likeness (QED) is 0.384. The number of anilines is 2. The van der Waals surface area contributed by atoms with E-state index in [1.54, 1.807) is 19.4 Å². The molecule has 1 aromatic carbocycles. The molecule has 6 heteroatoms. The molecule has 6 nitrogen and oxygen atoms in total. The molecular formula is C14H16N4O2. The van der Waals surface area contributed by atoms with Crippen LogP contribution in [0.15, 0.2) is 47.8 Å². The number of hydrogen-bond donors (Lipinski definition) is 2. The van der Waals surface area contributed by atoms with Gasteiger partial charge in [0, 0.05) is 30.6 Å². The summed E-state index contributed by atoms with van der Waals surface area (Å²) in [6.07, 6.45) is 1.66. The molecular weight excluding hydrogens is 256 g/mol. The van der Waals surface area contributed by atoms with Gasteiger partial charge in [0.1, 0.15) is 0 Å². The van der Waals surface area contributed by atoms with Crippen molar-refractivity contribution in [2.75, 3.05) is 19.1 Å². The average Bonchev–Trinajstić information content (AvgIpc) is 2.53. The molecule has 0 bridgehead atoms. The maximum absolute atomic E-state index is 8.86. The number of rotatable bonds is 4. The number of aromatic nitrogens is 1. The van der Waals surface area contributed by atoms with Crippen molar-refractivity contribution in [1.29, 1.82) is 0 Å². The Kier molecular flexibility index (Phi) is 4.05. The minimum absolute atomic E-state index is 0.0634. The summed E-state index contributed by atoms with van der Waals surface area (Å²) in [5, 5.41) is 11.9. The number of methoxy groups -OCH3 is 1. The number of oxime groups is 1. The Morgan fingerprint density at radius 3 is 2.80 bits per heavy atom. The normalized spacial score (nSPS) is 11.2. The lowest BCUT2D eigenvalue weighted by Gasteiger charge is -2.22. The van der Waals surface area contributed by atoms with Crippen molar-refractivity contribution in [1.82, 2.24) is 4.98 Å². The smallest absolute Gasteiger partial charge is 0.214 e. The first-order chi connectivity index (χ1) is 9.67. The van der Waals surface area contributed by atoms with Gasteiger partial charge >= 0.3 is 0 Å². The van der Waals surface area contributed by atoms with Gasteiger partial charge in [-0.2, -0.15) is 0 Å². The van der Waals surface area contributed by atoms with Gasteiger partial charge in [-0.3, -0.25) is 0 Å². The molecule has 1 aromatic heterocycles. The van der Waals surface area contributed by atoms with Crippen molar-refractivity contribution >= 4 is 17.2 Å². The second kappa shape index (κ2) is 5.92. The van der Waals surface area contributed by atoms with Gasteiger partial charge in [0.05, 0.1) is 12.8 Å². The summed E-state index contributed by atoms with van der Waals surface area (Å²) >= 11 is 0. The van der Waals surface area contributed by atoms with E-state index in [9.17, 15) is 0 Å². The van der Waals surface area contributed by atoms with Crippen molar-refractivity contribution in [3.63, 3.8) is 0 Å². The van der Waals surface area contributed by atoms with Crippen LogP contribution < -0.4 is 15.4 Å². The number of hydrogen-bond acceptors (Lipinski definition) is 5. The highest BCUT2D eigenvalue weighted by atomic mass is 16.5. The molecule has 0 unspecified atom stereocenters. The Hall–Kier alpha value is -2.76. The second-order valence-electron chi connectivity index (χ2n) is 4.12. The SMILES string of the molecule is COc1cc(N(C)c2ccccc2/C(N)=N/O)ccn1. The average molecular weight is 272 g/mol. The molecule has 0 amide bonds. The first kappa shape index (κ1) is 13.7. The summed E-state index contributed by atoms with van der Waals surface area (Å²) in [5.41, 5.74) is 8.05. The molecule has 0 saturated heterocycles. The molecule has 0 saturated carbocycles. The fourth-order valence-electron chi connectivity index (χ4n) is 1.89.